The second-order valence-corrected chi connectivity index (χ2v) is 5.92. The van der Waals surface area contributed by atoms with Gasteiger partial charge >= 0.3 is 10.8 Å². The van der Waals surface area contributed by atoms with Gasteiger partial charge in [0.25, 0.3) is 0 Å². The SMILES string of the molecule is CCOC(=O)c1csc(=O)n1Cc1nc2cc(F)ccc2n1CC. The number of carbonyl (C=O) groups is 1. The van der Waals surface area contributed by atoms with Gasteiger partial charge in [0.2, 0.25) is 0 Å². The van der Waals surface area contributed by atoms with E-state index in [0.717, 1.165) is 16.9 Å². The largest absolute Gasteiger partial charge is 0.461 e. The number of benzene rings is 1. The van der Waals surface area contributed by atoms with Crippen molar-refractivity contribution in [1.82, 2.24) is 14.1 Å². The third kappa shape index (κ3) is 2.84. The fourth-order valence-electron chi connectivity index (χ4n) is 2.61. The van der Waals surface area contributed by atoms with E-state index in [1.807, 2.05) is 11.5 Å². The minimum atomic E-state index is -0.541. The Bertz CT molecular complexity index is 957. The minimum absolute atomic E-state index is 0.126. The van der Waals surface area contributed by atoms with Crippen molar-refractivity contribution in [3.05, 3.63) is 50.6 Å². The van der Waals surface area contributed by atoms with Crippen LogP contribution in [-0.4, -0.2) is 26.7 Å². The summed E-state index contributed by atoms with van der Waals surface area (Å²) >= 11 is 0.937. The molecule has 0 saturated heterocycles. The summed E-state index contributed by atoms with van der Waals surface area (Å²) in [5.41, 5.74) is 1.51. The van der Waals surface area contributed by atoms with E-state index >= 15 is 0 Å². The second kappa shape index (κ2) is 6.56. The molecule has 8 heteroatoms. The first-order valence-corrected chi connectivity index (χ1v) is 8.43. The van der Waals surface area contributed by atoms with Crippen LogP contribution in [0.15, 0.2) is 28.4 Å². The molecule has 0 amide bonds. The summed E-state index contributed by atoms with van der Waals surface area (Å²) in [5, 5.41) is 1.49. The molecule has 0 radical (unpaired) electrons. The zero-order valence-electron chi connectivity index (χ0n) is 13.3. The van der Waals surface area contributed by atoms with Crippen molar-refractivity contribution in [2.45, 2.75) is 26.9 Å². The van der Waals surface area contributed by atoms with Gasteiger partial charge in [-0.3, -0.25) is 9.36 Å². The predicted octanol–water partition coefficient (Wildman–Crippen LogP) is 2.64. The van der Waals surface area contributed by atoms with E-state index in [0.29, 0.717) is 17.9 Å². The quantitative estimate of drug-likeness (QED) is 0.664. The van der Waals surface area contributed by atoms with Gasteiger partial charge in [-0.1, -0.05) is 11.3 Å². The van der Waals surface area contributed by atoms with Crippen molar-refractivity contribution in [3.63, 3.8) is 0 Å². The third-order valence-electron chi connectivity index (χ3n) is 3.67. The van der Waals surface area contributed by atoms with Crippen molar-refractivity contribution in [3.8, 4) is 0 Å². The van der Waals surface area contributed by atoms with E-state index in [9.17, 15) is 14.0 Å². The van der Waals surface area contributed by atoms with Gasteiger partial charge < -0.3 is 9.30 Å². The molecule has 0 aliphatic rings. The molecule has 2 aromatic heterocycles. The van der Waals surface area contributed by atoms with Gasteiger partial charge in [-0.05, 0) is 26.0 Å². The molecule has 0 fully saturated rings. The van der Waals surface area contributed by atoms with E-state index in [4.69, 9.17) is 4.74 Å². The molecule has 1 aromatic carbocycles. The fourth-order valence-corrected chi connectivity index (χ4v) is 3.34. The molecule has 0 atom stereocenters. The highest BCUT2D eigenvalue weighted by Crippen LogP contribution is 2.19. The minimum Gasteiger partial charge on any atom is -0.461 e. The number of esters is 1. The number of ether oxygens (including phenoxy) is 1. The van der Waals surface area contributed by atoms with Gasteiger partial charge in [0.05, 0.1) is 24.2 Å². The van der Waals surface area contributed by atoms with Crippen molar-refractivity contribution in [1.29, 1.82) is 0 Å². The van der Waals surface area contributed by atoms with Crippen LogP contribution in [-0.2, 0) is 17.8 Å². The molecule has 6 nitrogen and oxygen atoms in total. The van der Waals surface area contributed by atoms with Crippen LogP contribution in [0.3, 0.4) is 0 Å². The monoisotopic (exact) mass is 349 g/mol. The number of aromatic nitrogens is 3. The number of carbonyl (C=O) groups excluding carboxylic acids is 1. The molecule has 3 rings (SSSR count). The highest BCUT2D eigenvalue weighted by Gasteiger charge is 2.19. The molecular weight excluding hydrogens is 333 g/mol. The number of hydrogen-bond acceptors (Lipinski definition) is 5. The summed E-state index contributed by atoms with van der Waals surface area (Å²) in [6.07, 6.45) is 0. The van der Waals surface area contributed by atoms with Crippen molar-refractivity contribution in [2.24, 2.45) is 0 Å². The molecular formula is C16H16FN3O3S. The van der Waals surface area contributed by atoms with Gasteiger partial charge in [-0.2, -0.15) is 0 Å². The number of aryl methyl sites for hydroxylation is 1. The number of fused-ring (bicyclic) bond motifs is 1. The van der Waals surface area contributed by atoms with Crippen LogP contribution in [0.5, 0.6) is 0 Å². The average molecular weight is 349 g/mol. The first-order valence-electron chi connectivity index (χ1n) is 7.55. The number of nitrogens with zero attached hydrogens (tertiary/aromatic N) is 3. The summed E-state index contributed by atoms with van der Waals surface area (Å²) in [6.45, 7) is 4.62. The first-order chi connectivity index (χ1) is 11.5. The molecule has 0 bridgehead atoms. The lowest BCUT2D eigenvalue weighted by Crippen LogP contribution is -2.22. The van der Waals surface area contributed by atoms with E-state index in [1.54, 1.807) is 13.0 Å². The first kappa shape index (κ1) is 16.4. The Labute approximate surface area is 141 Å². The summed E-state index contributed by atoms with van der Waals surface area (Å²) < 4.78 is 21.6. The van der Waals surface area contributed by atoms with E-state index in [-0.39, 0.29) is 29.5 Å². The molecule has 0 aliphatic carbocycles. The predicted molar refractivity (Wildman–Crippen MR) is 89.0 cm³/mol. The highest BCUT2D eigenvalue weighted by atomic mass is 32.1. The number of imidazole rings is 1. The van der Waals surface area contributed by atoms with Gasteiger partial charge in [0.1, 0.15) is 17.3 Å². The number of thiazole rings is 1. The maximum atomic E-state index is 13.4. The van der Waals surface area contributed by atoms with E-state index < -0.39 is 5.97 Å². The maximum Gasteiger partial charge on any atom is 0.355 e. The van der Waals surface area contributed by atoms with Crippen LogP contribution in [0.1, 0.15) is 30.2 Å². The second-order valence-electron chi connectivity index (χ2n) is 5.10. The summed E-state index contributed by atoms with van der Waals surface area (Å²) in [7, 11) is 0. The van der Waals surface area contributed by atoms with Crippen LogP contribution in [0, 0.1) is 5.82 Å². The van der Waals surface area contributed by atoms with Gasteiger partial charge in [0.15, 0.2) is 0 Å². The summed E-state index contributed by atoms with van der Waals surface area (Å²) in [6, 6.07) is 4.39. The maximum absolute atomic E-state index is 13.4. The standard InChI is InChI=1S/C16H16FN3O3S/c1-3-19-12-6-5-10(17)7-11(12)18-14(19)8-20-13(9-24-16(20)22)15(21)23-4-2/h5-7,9H,3-4,8H2,1-2H3. The number of hydrogen-bond donors (Lipinski definition) is 0. The Hall–Kier alpha value is -2.48. The smallest absolute Gasteiger partial charge is 0.355 e. The Kier molecular flexibility index (Phi) is 4.48. The summed E-state index contributed by atoms with van der Waals surface area (Å²) in [4.78, 5) is 28.2. The molecule has 24 heavy (non-hydrogen) atoms. The van der Waals surface area contributed by atoms with E-state index in [1.165, 1.54) is 22.1 Å². The van der Waals surface area contributed by atoms with Gasteiger partial charge in [-0.15, -0.1) is 0 Å². The molecule has 0 unspecified atom stereocenters. The van der Waals surface area contributed by atoms with Crippen LogP contribution in [0.2, 0.25) is 0 Å². The lowest BCUT2D eigenvalue weighted by molar-refractivity contribution is 0.0514. The van der Waals surface area contributed by atoms with Gasteiger partial charge in [0, 0.05) is 18.0 Å². The Morgan fingerprint density at radius 3 is 2.83 bits per heavy atom. The normalized spacial score (nSPS) is 11.1. The van der Waals surface area contributed by atoms with Crippen LogP contribution in [0.25, 0.3) is 11.0 Å². The lowest BCUT2D eigenvalue weighted by atomic mass is 10.3. The molecule has 3 aromatic rings. The third-order valence-corrected chi connectivity index (χ3v) is 4.44. The van der Waals surface area contributed by atoms with Crippen molar-refractivity contribution < 1.29 is 13.9 Å². The average Bonchev–Trinajstić information content (AvgIpc) is 3.08. The van der Waals surface area contributed by atoms with Crippen LogP contribution >= 0.6 is 11.3 Å². The highest BCUT2D eigenvalue weighted by molar-refractivity contribution is 7.07. The van der Waals surface area contributed by atoms with Crippen LogP contribution in [0.4, 0.5) is 4.39 Å². The molecule has 0 spiro atoms. The Balaban J connectivity index is 2.06. The number of rotatable bonds is 5. The number of halogens is 1. The van der Waals surface area contributed by atoms with Crippen molar-refractivity contribution in [2.75, 3.05) is 6.61 Å². The van der Waals surface area contributed by atoms with Crippen LogP contribution < -0.4 is 4.87 Å². The molecule has 126 valence electrons. The lowest BCUT2D eigenvalue weighted by Gasteiger charge is -2.09. The molecule has 0 aliphatic heterocycles. The Morgan fingerprint density at radius 2 is 2.12 bits per heavy atom. The molecule has 0 saturated carbocycles. The van der Waals surface area contributed by atoms with Crippen molar-refractivity contribution >= 4 is 28.3 Å². The Morgan fingerprint density at radius 1 is 1.33 bits per heavy atom. The molecule has 2 heterocycles. The van der Waals surface area contributed by atoms with E-state index in [2.05, 4.69) is 4.98 Å². The fraction of sp³-hybridized carbons (Fsp3) is 0.312. The molecule has 0 N–H and O–H groups in total. The zero-order valence-corrected chi connectivity index (χ0v) is 14.1. The topological polar surface area (TPSA) is 66.1 Å². The van der Waals surface area contributed by atoms with Gasteiger partial charge in [-0.25, -0.2) is 14.2 Å². The zero-order chi connectivity index (χ0) is 17.3. The summed E-state index contributed by atoms with van der Waals surface area (Å²) in [5.74, 6) is -0.320.